The number of rotatable bonds is 1. The third-order valence-corrected chi connectivity index (χ3v) is 2.90. The highest BCUT2D eigenvalue weighted by Crippen LogP contribution is 2.17. The number of nitrogens with one attached hydrogen (secondary N) is 1. The van der Waals surface area contributed by atoms with Gasteiger partial charge >= 0.3 is 0 Å². The summed E-state index contributed by atoms with van der Waals surface area (Å²) in [5.74, 6) is -0.191. The number of piperazine rings is 1. The number of carbonyl (C=O) groups excluding carboxylic acids is 2. The largest absolute Gasteiger partial charge is 0.345 e. The molecular weight excluding hydrogens is 307 g/mol. The molecule has 2 rings (SSSR count). The maximum atomic E-state index is 11.5. The molecule has 0 radical (unpaired) electrons. The smallest absolute Gasteiger partial charge is 0.246 e. The minimum absolute atomic E-state index is 0.0733. The Kier molecular flexibility index (Phi) is 2.90. The molecule has 15 heavy (non-hydrogen) atoms. The van der Waals surface area contributed by atoms with E-state index in [1.54, 1.807) is 0 Å². The molecule has 1 aromatic carbocycles. The molecule has 1 aliphatic rings. The molecule has 0 saturated carbocycles. The molecule has 0 bridgehead atoms. The van der Waals surface area contributed by atoms with Crippen LogP contribution in [-0.4, -0.2) is 24.9 Å². The van der Waals surface area contributed by atoms with Gasteiger partial charge in [-0.2, -0.15) is 0 Å². The second-order valence-electron chi connectivity index (χ2n) is 3.23. The highest BCUT2D eigenvalue weighted by Gasteiger charge is 2.23. The second-order valence-corrected chi connectivity index (χ2v) is 4.48. The van der Waals surface area contributed by atoms with Crippen LogP contribution < -0.4 is 10.2 Å². The summed E-state index contributed by atoms with van der Waals surface area (Å²) in [5, 5.41) is 2.51. The fourth-order valence-corrected chi connectivity index (χ4v) is 1.77. The predicted molar refractivity (Wildman–Crippen MR) is 64.5 cm³/mol. The van der Waals surface area contributed by atoms with Gasteiger partial charge in [-0.15, -0.1) is 0 Å². The van der Waals surface area contributed by atoms with Crippen LogP contribution >= 0.6 is 22.6 Å². The Hall–Kier alpha value is -1.11. The highest BCUT2D eigenvalue weighted by atomic mass is 127. The van der Waals surface area contributed by atoms with Gasteiger partial charge in [0.2, 0.25) is 11.8 Å². The van der Waals surface area contributed by atoms with Gasteiger partial charge in [0.15, 0.2) is 0 Å². The second kappa shape index (κ2) is 4.18. The van der Waals surface area contributed by atoms with Gasteiger partial charge in [-0.05, 0) is 46.9 Å². The lowest BCUT2D eigenvalue weighted by molar-refractivity contribution is -0.128. The standard InChI is InChI=1S/C10H9IN2O2/c11-7-1-3-8(4-2-7)13-6-9(14)12-5-10(13)15/h1-4H,5-6H2,(H,12,14). The number of amides is 2. The first-order chi connectivity index (χ1) is 7.16. The van der Waals surface area contributed by atoms with E-state index in [-0.39, 0.29) is 24.9 Å². The number of halogens is 1. The van der Waals surface area contributed by atoms with Crippen molar-refractivity contribution in [1.82, 2.24) is 5.32 Å². The van der Waals surface area contributed by atoms with E-state index in [1.165, 1.54) is 4.90 Å². The molecule has 0 spiro atoms. The maximum Gasteiger partial charge on any atom is 0.246 e. The van der Waals surface area contributed by atoms with Crippen molar-refractivity contribution in [3.63, 3.8) is 0 Å². The van der Waals surface area contributed by atoms with Crippen molar-refractivity contribution in [2.45, 2.75) is 0 Å². The number of benzene rings is 1. The molecule has 1 saturated heterocycles. The quantitative estimate of drug-likeness (QED) is 0.778. The van der Waals surface area contributed by atoms with Crippen LogP contribution in [0, 0.1) is 3.57 Å². The van der Waals surface area contributed by atoms with Crippen LogP contribution in [-0.2, 0) is 9.59 Å². The Morgan fingerprint density at radius 1 is 1.20 bits per heavy atom. The van der Waals surface area contributed by atoms with Crippen LogP contribution in [0.2, 0.25) is 0 Å². The van der Waals surface area contributed by atoms with Gasteiger partial charge in [0.05, 0.1) is 6.54 Å². The monoisotopic (exact) mass is 316 g/mol. The lowest BCUT2D eigenvalue weighted by Gasteiger charge is -2.26. The van der Waals surface area contributed by atoms with Crippen molar-refractivity contribution >= 4 is 40.1 Å². The predicted octanol–water partition coefficient (Wildman–Crippen LogP) is 0.754. The van der Waals surface area contributed by atoms with Gasteiger partial charge in [-0.25, -0.2) is 0 Å². The molecule has 0 aliphatic carbocycles. The van der Waals surface area contributed by atoms with Crippen LogP contribution in [0.3, 0.4) is 0 Å². The molecule has 1 N–H and O–H groups in total. The number of hydrogen-bond acceptors (Lipinski definition) is 2. The van der Waals surface area contributed by atoms with Crippen molar-refractivity contribution in [3.8, 4) is 0 Å². The van der Waals surface area contributed by atoms with E-state index >= 15 is 0 Å². The Bertz CT molecular complexity index is 402. The van der Waals surface area contributed by atoms with Gasteiger partial charge in [0, 0.05) is 9.26 Å². The van der Waals surface area contributed by atoms with E-state index in [2.05, 4.69) is 27.9 Å². The molecule has 78 valence electrons. The zero-order chi connectivity index (χ0) is 10.8. The van der Waals surface area contributed by atoms with Gasteiger partial charge in [0.1, 0.15) is 6.54 Å². The van der Waals surface area contributed by atoms with Crippen molar-refractivity contribution < 1.29 is 9.59 Å². The normalized spacial score (nSPS) is 16.5. The van der Waals surface area contributed by atoms with E-state index < -0.39 is 0 Å². The summed E-state index contributed by atoms with van der Waals surface area (Å²) in [5.41, 5.74) is 0.773. The summed E-state index contributed by atoms with van der Waals surface area (Å²) in [7, 11) is 0. The van der Waals surface area contributed by atoms with Crippen LogP contribution in [0.1, 0.15) is 0 Å². The minimum atomic E-state index is -0.117. The molecule has 5 heteroatoms. The van der Waals surface area contributed by atoms with Gasteiger partial charge in [0.25, 0.3) is 0 Å². The SMILES string of the molecule is O=C1CN(c2ccc(I)cc2)C(=O)CN1. The Labute approximate surface area is 101 Å². The molecule has 1 aromatic rings. The molecule has 1 fully saturated rings. The number of carbonyl (C=O) groups is 2. The molecule has 2 amide bonds. The Morgan fingerprint density at radius 3 is 2.53 bits per heavy atom. The van der Waals surface area contributed by atoms with E-state index in [4.69, 9.17) is 0 Å². The average Bonchev–Trinajstić information content (AvgIpc) is 2.23. The van der Waals surface area contributed by atoms with Crippen LogP contribution in [0.5, 0.6) is 0 Å². The van der Waals surface area contributed by atoms with E-state index in [0.29, 0.717) is 0 Å². The maximum absolute atomic E-state index is 11.5. The summed E-state index contributed by atoms with van der Waals surface area (Å²) >= 11 is 2.19. The molecule has 4 nitrogen and oxygen atoms in total. The van der Waals surface area contributed by atoms with Crippen molar-refractivity contribution in [1.29, 1.82) is 0 Å². The summed E-state index contributed by atoms with van der Waals surface area (Å²) in [6, 6.07) is 7.52. The fraction of sp³-hybridized carbons (Fsp3) is 0.200. The lowest BCUT2D eigenvalue weighted by atomic mass is 10.2. The van der Waals surface area contributed by atoms with Crippen molar-refractivity contribution in [2.75, 3.05) is 18.0 Å². The highest BCUT2D eigenvalue weighted by molar-refractivity contribution is 14.1. The fourth-order valence-electron chi connectivity index (χ4n) is 1.41. The van der Waals surface area contributed by atoms with Crippen molar-refractivity contribution in [2.24, 2.45) is 0 Å². The van der Waals surface area contributed by atoms with E-state index in [0.717, 1.165) is 9.26 Å². The third-order valence-electron chi connectivity index (χ3n) is 2.18. The molecule has 0 unspecified atom stereocenters. The zero-order valence-electron chi connectivity index (χ0n) is 7.87. The first-order valence-electron chi connectivity index (χ1n) is 4.49. The molecule has 0 atom stereocenters. The zero-order valence-corrected chi connectivity index (χ0v) is 10.0. The molecule has 1 heterocycles. The number of anilines is 1. The first kappa shape index (κ1) is 10.4. The van der Waals surface area contributed by atoms with Crippen LogP contribution in [0.4, 0.5) is 5.69 Å². The molecule has 0 aromatic heterocycles. The third kappa shape index (κ3) is 2.28. The van der Waals surface area contributed by atoms with Gasteiger partial charge < -0.3 is 10.2 Å². The topological polar surface area (TPSA) is 49.4 Å². The van der Waals surface area contributed by atoms with Crippen LogP contribution in [0.15, 0.2) is 24.3 Å². The lowest BCUT2D eigenvalue weighted by Crippen LogP contribution is -2.51. The van der Waals surface area contributed by atoms with Crippen LogP contribution in [0.25, 0.3) is 0 Å². The number of hydrogen-bond donors (Lipinski definition) is 1. The number of nitrogens with zero attached hydrogens (tertiary/aromatic N) is 1. The summed E-state index contributed by atoms with van der Waals surface area (Å²) in [6.45, 7) is 0.199. The Morgan fingerprint density at radius 2 is 1.87 bits per heavy atom. The summed E-state index contributed by atoms with van der Waals surface area (Å²) < 4.78 is 1.10. The van der Waals surface area contributed by atoms with Gasteiger partial charge in [-0.3, -0.25) is 9.59 Å². The van der Waals surface area contributed by atoms with Gasteiger partial charge in [-0.1, -0.05) is 0 Å². The summed E-state index contributed by atoms with van der Waals surface area (Å²) in [4.78, 5) is 24.2. The first-order valence-corrected chi connectivity index (χ1v) is 5.57. The van der Waals surface area contributed by atoms with E-state index in [9.17, 15) is 9.59 Å². The molecular formula is C10H9IN2O2. The minimum Gasteiger partial charge on any atom is -0.345 e. The summed E-state index contributed by atoms with van der Waals surface area (Å²) in [6.07, 6.45) is 0. The van der Waals surface area contributed by atoms with Crippen molar-refractivity contribution in [3.05, 3.63) is 27.8 Å². The Balaban J connectivity index is 2.25. The average molecular weight is 316 g/mol. The molecule has 1 aliphatic heterocycles. The van der Waals surface area contributed by atoms with E-state index in [1.807, 2.05) is 24.3 Å².